The molecule has 2 amide bonds. The Morgan fingerprint density at radius 2 is 1.39 bits per heavy atom. The van der Waals surface area contributed by atoms with Crippen LogP contribution in [0.15, 0.2) is 11.6 Å². The maximum atomic E-state index is 11.9. The lowest BCUT2D eigenvalue weighted by molar-refractivity contribution is -0.131. The Hall–Kier alpha value is -2.59. The van der Waals surface area contributed by atoms with Crippen molar-refractivity contribution < 1.29 is 38.2 Å². The van der Waals surface area contributed by atoms with Crippen LogP contribution in [-0.2, 0) is 28.7 Å². The summed E-state index contributed by atoms with van der Waals surface area (Å²) >= 11 is 0. The van der Waals surface area contributed by atoms with Gasteiger partial charge >= 0.3 is 0 Å². The lowest BCUT2D eigenvalue weighted by atomic mass is 9.81. The SMILES string of the molecule is [B]C(=O)N1[C@@H](CC)[C@@H](CC(C=O)C(CC(C)=O)C(C)=O)OC1(C)C.[B]C(=O)N1[C@@H](CC)[C@@H](CC2C=C(C)CC2C(C)=O)OC1(C)C. The van der Waals surface area contributed by atoms with Gasteiger partial charge in [0.05, 0.1) is 24.3 Å². The lowest BCUT2D eigenvalue weighted by Gasteiger charge is -2.33. The molecule has 0 aromatic rings. The molecule has 46 heavy (non-hydrogen) atoms. The Balaban J connectivity index is 0.000000321. The number of nitrogens with zero attached hydrogens (tertiary/aromatic N) is 2. The standard InChI is InChI=1S/C17H26BNO5.C17H26BNO3/c1-6-14-15(24-17(4,5)19(14)16(18)23)8-12(9-20)13(11(3)22)7-10(2)21;1-6-14-15(22-17(4,5)19(14)16(18)21)9-12-7-10(2)8-13(12)11(3)20/h9,12-15H,6-8H2,1-5H3;7,12-15H,6,8-9H2,1-5H3/t2*12?,13?,14-,15+/m00/s1. The van der Waals surface area contributed by atoms with Crippen LogP contribution in [-0.4, -0.2) is 96.5 Å². The molecule has 2 saturated heterocycles. The summed E-state index contributed by atoms with van der Waals surface area (Å²) in [6.45, 7) is 17.7. The van der Waals surface area contributed by atoms with Gasteiger partial charge in [-0.2, -0.15) is 0 Å². The second kappa shape index (κ2) is 16.0. The quantitative estimate of drug-likeness (QED) is 0.167. The first-order valence-electron chi connectivity index (χ1n) is 16.4. The number of amides is 2. The molecule has 3 aliphatic rings. The van der Waals surface area contributed by atoms with E-state index in [0.29, 0.717) is 12.7 Å². The van der Waals surface area contributed by atoms with E-state index in [9.17, 15) is 28.8 Å². The number of carbonyl (C=O) groups is 6. The van der Waals surface area contributed by atoms with E-state index in [0.717, 1.165) is 19.3 Å². The third-order valence-electron chi connectivity index (χ3n) is 9.68. The molecule has 8 atom stereocenters. The molecule has 0 N–H and O–H groups in total. The maximum absolute atomic E-state index is 11.9. The van der Waals surface area contributed by atoms with Gasteiger partial charge in [0, 0.05) is 24.2 Å². The summed E-state index contributed by atoms with van der Waals surface area (Å²) < 4.78 is 12.1. The van der Waals surface area contributed by atoms with Crippen LogP contribution in [0.3, 0.4) is 0 Å². The number of Topliss-reactive ketones (excluding diaryl/α,β-unsaturated/α-hetero) is 3. The highest BCUT2D eigenvalue weighted by Crippen LogP contribution is 2.41. The van der Waals surface area contributed by atoms with Gasteiger partial charge in [0.1, 0.15) is 35.1 Å². The highest BCUT2D eigenvalue weighted by atomic mass is 16.5. The zero-order valence-corrected chi connectivity index (χ0v) is 29.3. The van der Waals surface area contributed by atoms with Gasteiger partial charge in [-0.25, -0.2) is 0 Å². The smallest absolute Gasteiger partial charge is 0.200 e. The Labute approximate surface area is 277 Å². The highest BCUT2D eigenvalue weighted by Gasteiger charge is 2.50. The number of carbonyl (C=O) groups excluding carboxylic acids is 6. The normalized spacial score (nSPS) is 29.3. The van der Waals surface area contributed by atoms with Gasteiger partial charge in [-0.05, 0) is 93.4 Å². The summed E-state index contributed by atoms with van der Waals surface area (Å²) in [6.07, 6.45) is 5.71. The van der Waals surface area contributed by atoms with Crippen LogP contribution in [0.25, 0.3) is 0 Å². The van der Waals surface area contributed by atoms with Crippen LogP contribution < -0.4 is 0 Å². The number of hydrogen-bond acceptors (Lipinski definition) is 8. The monoisotopic (exact) mass is 638 g/mol. The molecule has 4 unspecified atom stereocenters. The van der Waals surface area contributed by atoms with Crippen molar-refractivity contribution in [1.82, 2.24) is 9.80 Å². The molecule has 0 aromatic carbocycles. The number of aldehydes is 1. The van der Waals surface area contributed by atoms with Crippen molar-refractivity contribution in [3.05, 3.63) is 11.6 Å². The molecular formula is C34H52B2N2O8. The molecule has 3 rings (SSSR count). The fraction of sp³-hybridized carbons (Fsp3) is 0.765. The first-order chi connectivity index (χ1) is 21.2. The van der Waals surface area contributed by atoms with Gasteiger partial charge in [-0.1, -0.05) is 25.5 Å². The minimum Gasteiger partial charge on any atom is -0.351 e. The molecule has 0 aromatic heterocycles. The van der Waals surface area contributed by atoms with Crippen molar-refractivity contribution >= 4 is 50.9 Å². The summed E-state index contributed by atoms with van der Waals surface area (Å²) in [5.41, 5.74) is -0.306. The summed E-state index contributed by atoms with van der Waals surface area (Å²) in [7, 11) is 11.0. The highest BCUT2D eigenvalue weighted by molar-refractivity contribution is 6.57. The average molecular weight is 638 g/mol. The van der Waals surface area contributed by atoms with E-state index in [1.165, 1.54) is 24.3 Å². The molecule has 4 radical (unpaired) electrons. The van der Waals surface area contributed by atoms with Crippen molar-refractivity contribution in [1.29, 1.82) is 0 Å². The van der Waals surface area contributed by atoms with Crippen molar-refractivity contribution in [3.8, 4) is 0 Å². The molecule has 0 saturated carbocycles. The molecule has 252 valence electrons. The van der Waals surface area contributed by atoms with Crippen LogP contribution in [0.1, 0.15) is 108 Å². The zero-order valence-electron chi connectivity index (χ0n) is 29.3. The summed E-state index contributed by atoms with van der Waals surface area (Å²) in [6, 6.07) is -0.306. The van der Waals surface area contributed by atoms with E-state index in [-0.39, 0.29) is 60.2 Å². The van der Waals surface area contributed by atoms with Gasteiger partial charge in [0.15, 0.2) is 11.6 Å². The van der Waals surface area contributed by atoms with Crippen LogP contribution >= 0.6 is 0 Å². The first kappa shape index (κ1) is 39.6. The van der Waals surface area contributed by atoms with Crippen molar-refractivity contribution in [2.45, 2.75) is 144 Å². The average Bonchev–Trinajstić information content (AvgIpc) is 3.52. The molecule has 2 fully saturated rings. The zero-order chi connectivity index (χ0) is 35.3. The van der Waals surface area contributed by atoms with Crippen LogP contribution in [0.2, 0.25) is 0 Å². The lowest BCUT2D eigenvalue weighted by Crippen LogP contribution is -2.47. The Bertz CT molecular complexity index is 1200. The molecule has 0 bridgehead atoms. The topological polar surface area (TPSA) is 127 Å². The fourth-order valence-corrected chi connectivity index (χ4v) is 7.78. The molecule has 2 heterocycles. The van der Waals surface area contributed by atoms with Gasteiger partial charge in [-0.15, -0.1) is 0 Å². The van der Waals surface area contributed by atoms with Crippen molar-refractivity contribution in [2.75, 3.05) is 0 Å². The molecule has 0 spiro atoms. The minimum atomic E-state index is -0.878. The van der Waals surface area contributed by atoms with E-state index in [1.807, 2.05) is 27.7 Å². The number of ether oxygens (including phenoxy) is 2. The van der Waals surface area contributed by atoms with Crippen molar-refractivity contribution in [2.24, 2.45) is 23.7 Å². The second-order valence-electron chi connectivity index (χ2n) is 14.1. The minimum absolute atomic E-state index is 0.0329. The second-order valence-corrected chi connectivity index (χ2v) is 14.1. The number of rotatable bonds is 12. The van der Waals surface area contributed by atoms with Crippen LogP contribution in [0.5, 0.6) is 0 Å². The van der Waals surface area contributed by atoms with Crippen molar-refractivity contribution in [3.63, 3.8) is 0 Å². The number of hydrogen-bond donors (Lipinski definition) is 0. The van der Waals surface area contributed by atoms with Crippen LogP contribution in [0.4, 0.5) is 9.59 Å². The maximum Gasteiger partial charge on any atom is 0.200 e. The Morgan fingerprint density at radius 1 is 0.913 bits per heavy atom. The predicted octanol–water partition coefficient (Wildman–Crippen LogP) is 4.93. The van der Waals surface area contributed by atoms with Crippen LogP contribution in [0, 0.1) is 23.7 Å². The molecule has 1 aliphatic carbocycles. The third kappa shape index (κ3) is 9.27. The Kier molecular flexibility index (Phi) is 13.8. The first-order valence-corrected chi connectivity index (χ1v) is 16.4. The fourth-order valence-electron chi connectivity index (χ4n) is 7.78. The predicted molar refractivity (Wildman–Crippen MR) is 176 cm³/mol. The number of ketones is 3. The molecular weight excluding hydrogens is 586 g/mol. The van der Waals surface area contributed by atoms with Gasteiger partial charge < -0.3 is 28.9 Å². The summed E-state index contributed by atoms with van der Waals surface area (Å²) in [5, 5.41) is 0. The third-order valence-corrected chi connectivity index (χ3v) is 9.68. The summed E-state index contributed by atoms with van der Waals surface area (Å²) in [4.78, 5) is 73.4. The Morgan fingerprint density at radius 3 is 1.78 bits per heavy atom. The van der Waals surface area contributed by atoms with E-state index >= 15 is 0 Å². The largest absolute Gasteiger partial charge is 0.351 e. The van der Waals surface area contributed by atoms with E-state index < -0.39 is 41.0 Å². The molecule has 10 nitrogen and oxygen atoms in total. The van der Waals surface area contributed by atoms with E-state index in [4.69, 9.17) is 25.2 Å². The van der Waals surface area contributed by atoms with Gasteiger partial charge in [0.25, 0.3) is 0 Å². The van der Waals surface area contributed by atoms with E-state index in [1.54, 1.807) is 25.7 Å². The molecule has 2 aliphatic heterocycles. The number of allylic oxidation sites excluding steroid dienone is 2. The van der Waals surface area contributed by atoms with Gasteiger partial charge in [-0.3, -0.25) is 19.2 Å². The van der Waals surface area contributed by atoms with Gasteiger partial charge in [0.2, 0.25) is 15.7 Å². The summed E-state index contributed by atoms with van der Waals surface area (Å²) in [5.74, 6) is -2.17. The van der Waals surface area contributed by atoms with E-state index in [2.05, 4.69) is 13.0 Å². The molecule has 12 heteroatoms.